The quantitative estimate of drug-likeness (QED) is 0.349. The summed E-state index contributed by atoms with van der Waals surface area (Å²) in [5.74, 6) is -1.39. The van der Waals surface area contributed by atoms with Crippen LogP contribution in [0.2, 0.25) is 0 Å². The Kier molecular flexibility index (Phi) is 22.3. The highest BCUT2D eigenvalue weighted by molar-refractivity contribution is 5.81. The average Bonchev–Trinajstić information content (AvgIpc) is 2.36. The summed E-state index contributed by atoms with van der Waals surface area (Å²) in [5.41, 5.74) is 0. The summed E-state index contributed by atoms with van der Waals surface area (Å²) in [6.07, 6.45) is 4.63. The highest BCUT2D eigenvalue weighted by Crippen LogP contribution is 1.77. The van der Waals surface area contributed by atoms with Crippen LogP contribution in [-0.4, -0.2) is 23.7 Å². The number of carbonyl (C=O) groups excluding carboxylic acids is 1. The number of nitrogens with zero attached hydrogens (tertiary/aromatic N) is 1. The summed E-state index contributed by atoms with van der Waals surface area (Å²) in [7, 11) is 0. The number of carboxylic acids is 1. The van der Waals surface area contributed by atoms with E-state index in [2.05, 4.69) is 31.1 Å². The first-order chi connectivity index (χ1) is 7.99. The molecule has 17 heavy (non-hydrogen) atoms. The summed E-state index contributed by atoms with van der Waals surface area (Å²) in [6.45, 7) is 12.9. The fourth-order valence-electron chi connectivity index (χ4n) is 0.200. The molecule has 0 saturated carbocycles. The summed E-state index contributed by atoms with van der Waals surface area (Å²) in [4.78, 5) is 19.4. The van der Waals surface area contributed by atoms with E-state index in [1.165, 1.54) is 12.2 Å². The van der Waals surface area contributed by atoms with Crippen LogP contribution in [0.25, 0.3) is 0 Å². The maximum absolute atomic E-state index is 10.2. The van der Waals surface area contributed by atoms with E-state index in [1.54, 1.807) is 6.07 Å². The van der Waals surface area contributed by atoms with Crippen molar-refractivity contribution in [3.8, 4) is 6.07 Å². The zero-order chi connectivity index (χ0) is 14.1. The van der Waals surface area contributed by atoms with Gasteiger partial charge in [-0.05, 0) is 0 Å². The van der Waals surface area contributed by atoms with E-state index in [0.717, 1.165) is 12.2 Å². The Bertz CT molecular complexity index is 313. The molecule has 92 valence electrons. The van der Waals surface area contributed by atoms with Crippen LogP contribution >= 0.6 is 0 Å². The number of hydrogen-bond acceptors (Lipinski definition) is 4. The summed E-state index contributed by atoms with van der Waals surface area (Å²) < 4.78 is 4.47. The minimum atomic E-state index is -0.981. The Balaban J connectivity index is -0.000000188. The molecule has 0 heterocycles. The Labute approximate surface area is 101 Å². The van der Waals surface area contributed by atoms with Crippen molar-refractivity contribution in [2.75, 3.05) is 6.61 Å². The number of ether oxygens (including phenoxy) is 1. The fraction of sp³-hybridized carbons (Fsp3) is 0.0833. The average molecular weight is 237 g/mol. The Morgan fingerprint density at radius 2 is 1.65 bits per heavy atom. The van der Waals surface area contributed by atoms with Gasteiger partial charge in [-0.3, -0.25) is 0 Å². The Hall–Kier alpha value is -2.61. The predicted molar refractivity (Wildman–Crippen MR) is 65.0 cm³/mol. The van der Waals surface area contributed by atoms with Gasteiger partial charge in [-0.15, -0.1) is 0 Å². The van der Waals surface area contributed by atoms with E-state index < -0.39 is 11.9 Å². The molecule has 0 aliphatic heterocycles. The first kappa shape index (κ1) is 19.9. The number of hydrogen-bond donors (Lipinski definition) is 1. The molecule has 0 saturated heterocycles. The molecule has 5 nitrogen and oxygen atoms in total. The minimum Gasteiger partial charge on any atom is -0.478 e. The molecule has 0 fully saturated rings. The van der Waals surface area contributed by atoms with E-state index in [0.29, 0.717) is 0 Å². The normalized spacial score (nSPS) is 6.29. The highest BCUT2D eigenvalue weighted by atomic mass is 16.5. The van der Waals surface area contributed by atoms with Gasteiger partial charge >= 0.3 is 11.9 Å². The van der Waals surface area contributed by atoms with E-state index in [4.69, 9.17) is 10.4 Å². The zero-order valence-corrected chi connectivity index (χ0v) is 9.46. The largest absolute Gasteiger partial charge is 0.478 e. The van der Waals surface area contributed by atoms with Crippen molar-refractivity contribution in [1.29, 1.82) is 5.26 Å². The monoisotopic (exact) mass is 237 g/mol. The third-order valence-electron chi connectivity index (χ3n) is 0.776. The van der Waals surface area contributed by atoms with Gasteiger partial charge in [-0.1, -0.05) is 32.4 Å². The van der Waals surface area contributed by atoms with Gasteiger partial charge in [0.1, 0.15) is 6.61 Å². The van der Waals surface area contributed by atoms with Gasteiger partial charge in [0.05, 0.1) is 6.07 Å². The lowest BCUT2D eigenvalue weighted by molar-refractivity contribution is -0.136. The molecule has 0 spiro atoms. The number of aliphatic carboxylic acids is 1. The van der Waals surface area contributed by atoms with Gasteiger partial charge < -0.3 is 9.84 Å². The second-order valence-corrected chi connectivity index (χ2v) is 2.00. The number of carbonyl (C=O) groups is 2. The van der Waals surface area contributed by atoms with E-state index in [-0.39, 0.29) is 6.61 Å². The van der Waals surface area contributed by atoms with Gasteiger partial charge in [-0.2, -0.15) is 5.26 Å². The number of rotatable bonds is 4. The van der Waals surface area contributed by atoms with Crippen LogP contribution in [0.4, 0.5) is 0 Å². The minimum absolute atomic E-state index is 0.255. The highest BCUT2D eigenvalue weighted by Gasteiger charge is 1.87. The molecule has 0 aromatic heterocycles. The van der Waals surface area contributed by atoms with E-state index >= 15 is 0 Å². The van der Waals surface area contributed by atoms with Crippen molar-refractivity contribution >= 4 is 11.9 Å². The molecule has 0 radical (unpaired) electrons. The summed E-state index contributed by atoms with van der Waals surface area (Å²) in [6, 6.07) is 1.69. The van der Waals surface area contributed by atoms with Gasteiger partial charge in [0, 0.05) is 18.2 Å². The molecule has 0 unspecified atom stereocenters. The van der Waals surface area contributed by atoms with Gasteiger partial charge in [0.25, 0.3) is 0 Å². The number of nitriles is 1. The van der Waals surface area contributed by atoms with Crippen LogP contribution in [0, 0.1) is 11.3 Å². The van der Waals surface area contributed by atoms with Crippen LogP contribution in [0.5, 0.6) is 0 Å². The van der Waals surface area contributed by atoms with Gasteiger partial charge in [-0.25, -0.2) is 9.59 Å². The lowest BCUT2D eigenvalue weighted by Gasteiger charge is -1.92. The first-order valence-corrected chi connectivity index (χ1v) is 4.26. The van der Waals surface area contributed by atoms with Crippen LogP contribution in [-0.2, 0) is 14.3 Å². The fourth-order valence-corrected chi connectivity index (χ4v) is 0.200. The predicted octanol–water partition coefficient (Wildman–Crippen LogP) is 1.85. The smallest absolute Gasteiger partial charge is 0.330 e. The molecule has 0 amide bonds. The topological polar surface area (TPSA) is 87.4 Å². The second-order valence-electron chi connectivity index (χ2n) is 2.00. The van der Waals surface area contributed by atoms with Gasteiger partial charge in [0.2, 0.25) is 0 Å². The second kappa shape index (κ2) is 19.0. The molecule has 1 N–H and O–H groups in total. The van der Waals surface area contributed by atoms with Crippen molar-refractivity contribution < 1.29 is 19.4 Å². The lowest BCUT2D eigenvalue weighted by atomic mass is 10.6. The molecule has 0 bridgehead atoms. The Morgan fingerprint density at radius 1 is 1.24 bits per heavy atom. The van der Waals surface area contributed by atoms with Crippen molar-refractivity contribution in [3.63, 3.8) is 0 Å². The Morgan fingerprint density at radius 3 is 1.82 bits per heavy atom. The third kappa shape index (κ3) is 42.5. The van der Waals surface area contributed by atoms with Crippen molar-refractivity contribution in [2.45, 2.75) is 0 Å². The van der Waals surface area contributed by atoms with Crippen molar-refractivity contribution in [1.82, 2.24) is 0 Å². The molecule has 5 heteroatoms. The number of carboxylic acid groups (broad SMARTS) is 1. The summed E-state index contributed by atoms with van der Waals surface area (Å²) >= 11 is 0. The third-order valence-corrected chi connectivity index (χ3v) is 0.776. The number of allylic oxidation sites excluding steroid dienone is 1. The maximum Gasteiger partial charge on any atom is 0.330 e. The maximum atomic E-state index is 10.2. The molecule has 0 rings (SSSR count). The standard InChI is InChI=1S/C6H8O2.C3H3N.C3H4O2/c1-3-5-8-6(7)4-2;1-2-3-4;1-2-3(4)5/h3-4H,1-2,5H2;2H,1H2;2H,1H2,(H,4,5). The molecule has 0 aliphatic carbocycles. The molecular weight excluding hydrogens is 222 g/mol. The molecule has 0 aromatic rings. The van der Waals surface area contributed by atoms with Crippen LogP contribution in [0.15, 0.2) is 50.6 Å². The molecule has 0 aliphatic rings. The molecule has 0 atom stereocenters. The van der Waals surface area contributed by atoms with Crippen molar-refractivity contribution in [2.24, 2.45) is 0 Å². The van der Waals surface area contributed by atoms with Crippen molar-refractivity contribution in [3.05, 3.63) is 50.6 Å². The molecular formula is C12H15NO4. The first-order valence-electron chi connectivity index (χ1n) is 4.26. The van der Waals surface area contributed by atoms with Crippen LogP contribution in [0.3, 0.4) is 0 Å². The summed E-state index contributed by atoms with van der Waals surface area (Å²) in [5, 5.41) is 15.1. The SMILES string of the molecule is C=CC#N.C=CC(=O)O.C=CCOC(=O)C=C. The van der Waals surface area contributed by atoms with Gasteiger partial charge in [0.15, 0.2) is 0 Å². The van der Waals surface area contributed by atoms with E-state index in [1.807, 2.05) is 0 Å². The zero-order valence-electron chi connectivity index (χ0n) is 9.46. The molecule has 0 aromatic carbocycles. The van der Waals surface area contributed by atoms with Crippen LogP contribution < -0.4 is 0 Å². The van der Waals surface area contributed by atoms with Crippen LogP contribution in [0.1, 0.15) is 0 Å². The van der Waals surface area contributed by atoms with E-state index in [9.17, 15) is 9.59 Å². The number of esters is 1. The lowest BCUT2D eigenvalue weighted by Crippen LogP contribution is -1.98.